The molecule has 202 valence electrons. The van der Waals surface area contributed by atoms with E-state index in [4.69, 9.17) is 14.2 Å². The Morgan fingerprint density at radius 3 is 2.42 bits per heavy atom. The number of nitro groups is 1. The third kappa shape index (κ3) is 6.01. The van der Waals surface area contributed by atoms with E-state index in [1.165, 1.54) is 30.5 Å². The second-order valence-corrected chi connectivity index (χ2v) is 9.28. The first-order valence-electron chi connectivity index (χ1n) is 11.8. The summed E-state index contributed by atoms with van der Waals surface area (Å²) in [5, 5.41) is 10.9. The number of fused-ring (bicyclic) bond motifs is 1. The number of ether oxygens (including phenoxy) is 4. The van der Waals surface area contributed by atoms with Crippen molar-refractivity contribution in [2.45, 2.75) is 44.4 Å². The lowest BCUT2D eigenvalue weighted by Gasteiger charge is -2.33. The monoisotopic (exact) mass is 535 g/mol. The lowest BCUT2D eigenvalue weighted by molar-refractivity contribution is -0.389. The molecule has 1 saturated heterocycles. The molecule has 0 bridgehead atoms. The third-order valence-electron chi connectivity index (χ3n) is 6.15. The molecule has 0 saturated carbocycles. The topological polar surface area (TPSA) is 114 Å². The molecule has 0 radical (unpaired) electrons. The number of piperidine rings is 1. The molecule has 1 fully saturated rings. The van der Waals surface area contributed by atoms with E-state index in [2.05, 4.69) is 19.6 Å². The number of hydrogen-bond acceptors (Lipinski definition) is 9. The predicted molar refractivity (Wildman–Crippen MR) is 127 cm³/mol. The number of aromatic nitrogens is 3. The lowest BCUT2D eigenvalue weighted by Crippen LogP contribution is -2.39. The Morgan fingerprint density at radius 1 is 1.13 bits per heavy atom. The van der Waals surface area contributed by atoms with Crippen LogP contribution >= 0.6 is 0 Å². The summed E-state index contributed by atoms with van der Waals surface area (Å²) < 4.78 is 59.9. The van der Waals surface area contributed by atoms with Crippen LogP contribution in [0.3, 0.4) is 0 Å². The largest absolute Gasteiger partial charge is 0.573 e. The smallest absolute Gasteiger partial charge is 0.490 e. The molecule has 0 N–H and O–H groups in total. The average molecular weight is 535 g/mol. The Bertz CT molecular complexity index is 1250. The minimum Gasteiger partial charge on any atom is -0.490 e. The Hall–Kier alpha value is -4.23. The van der Waals surface area contributed by atoms with Gasteiger partial charge in [-0.3, -0.25) is 4.57 Å². The number of alkyl halides is 3. The summed E-state index contributed by atoms with van der Waals surface area (Å²) in [5.74, 6) is 1.29. The minimum absolute atomic E-state index is 0.0634. The van der Waals surface area contributed by atoms with E-state index in [9.17, 15) is 23.3 Å². The van der Waals surface area contributed by atoms with Gasteiger partial charge in [-0.2, -0.15) is 0 Å². The number of anilines is 1. The van der Waals surface area contributed by atoms with Crippen molar-refractivity contribution in [1.82, 2.24) is 14.5 Å². The molecule has 3 aromatic rings. The maximum absolute atomic E-state index is 12.3. The Kier molecular flexibility index (Phi) is 6.63. The number of hydrogen-bond donors (Lipinski definition) is 0. The summed E-state index contributed by atoms with van der Waals surface area (Å²) in [6.07, 6.45) is -0.369. The summed E-state index contributed by atoms with van der Waals surface area (Å²) >= 11 is 0. The number of nitrogens with zero attached hydrogens (tertiary/aromatic N) is 5. The van der Waals surface area contributed by atoms with Crippen LogP contribution in [-0.4, -0.2) is 57.2 Å². The van der Waals surface area contributed by atoms with Gasteiger partial charge in [-0.05, 0) is 48.2 Å². The predicted octanol–water partition coefficient (Wildman–Crippen LogP) is 4.36. The van der Waals surface area contributed by atoms with Gasteiger partial charge in [-0.15, -0.1) is 13.2 Å². The average Bonchev–Trinajstić information content (AvgIpc) is 3.40. The Balaban J connectivity index is 1.07. The van der Waals surface area contributed by atoms with Gasteiger partial charge in [0, 0.05) is 30.9 Å². The van der Waals surface area contributed by atoms with E-state index >= 15 is 0 Å². The number of halogens is 3. The molecule has 0 aliphatic carbocycles. The van der Waals surface area contributed by atoms with Crippen molar-refractivity contribution in [3.05, 3.63) is 58.9 Å². The fraction of sp³-hybridized carbons (Fsp3) is 0.417. The maximum Gasteiger partial charge on any atom is 0.573 e. The van der Waals surface area contributed by atoms with Gasteiger partial charge >= 0.3 is 18.2 Å². The molecule has 1 atom stereocenters. The molecular weight excluding hydrogens is 511 g/mol. The number of rotatable bonds is 8. The van der Waals surface area contributed by atoms with Crippen LogP contribution in [0.25, 0.3) is 0 Å². The highest BCUT2D eigenvalue weighted by Gasteiger charge is 2.41. The normalized spacial score (nSPS) is 19.5. The van der Waals surface area contributed by atoms with E-state index in [0.717, 1.165) is 18.7 Å². The van der Waals surface area contributed by atoms with E-state index < -0.39 is 16.9 Å². The fourth-order valence-corrected chi connectivity index (χ4v) is 4.35. The van der Waals surface area contributed by atoms with Crippen LogP contribution < -0.4 is 23.8 Å². The zero-order chi connectivity index (χ0) is 26.9. The molecule has 4 heterocycles. The first kappa shape index (κ1) is 25.4. The zero-order valence-corrected chi connectivity index (χ0v) is 20.3. The summed E-state index contributed by atoms with van der Waals surface area (Å²) in [7, 11) is 0. The van der Waals surface area contributed by atoms with Crippen LogP contribution in [0.1, 0.15) is 19.8 Å². The van der Waals surface area contributed by atoms with Crippen LogP contribution in [0.4, 0.5) is 24.8 Å². The molecule has 2 aromatic heterocycles. The fourth-order valence-electron chi connectivity index (χ4n) is 4.35. The second kappa shape index (κ2) is 9.91. The van der Waals surface area contributed by atoms with Gasteiger partial charge in [0.1, 0.15) is 42.0 Å². The van der Waals surface area contributed by atoms with E-state index in [0.29, 0.717) is 31.1 Å². The van der Waals surface area contributed by atoms with Gasteiger partial charge in [0.2, 0.25) is 0 Å². The lowest BCUT2D eigenvalue weighted by atomic mass is 10.1. The number of benzene rings is 1. The number of pyridine rings is 1. The van der Waals surface area contributed by atoms with Crippen LogP contribution in [0.5, 0.6) is 23.3 Å². The molecule has 1 unspecified atom stereocenters. The molecule has 0 amide bonds. The van der Waals surface area contributed by atoms with Gasteiger partial charge in [-0.1, -0.05) is 0 Å². The maximum atomic E-state index is 12.3. The highest BCUT2D eigenvalue weighted by molar-refractivity contribution is 5.41. The van der Waals surface area contributed by atoms with E-state index in [-0.39, 0.29) is 30.3 Å². The van der Waals surface area contributed by atoms with Crippen LogP contribution in [0, 0.1) is 10.1 Å². The van der Waals surface area contributed by atoms with Gasteiger partial charge in [-0.25, -0.2) is 4.98 Å². The van der Waals surface area contributed by atoms with Crippen molar-refractivity contribution in [1.29, 1.82) is 0 Å². The first-order valence-corrected chi connectivity index (χ1v) is 11.8. The molecule has 2 aliphatic rings. The van der Waals surface area contributed by atoms with E-state index in [1.807, 2.05) is 19.1 Å². The molecular formula is C24H24F3N5O6. The highest BCUT2D eigenvalue weighted by atomic mass is 19.4. The van der Waals surface area contributed by atoms with Crippen LogP contribution in [-0.2, 0) is 6.54 Å². The zero-order valence-electron chi connectivity index (χ0n) is 20.3. The molecule has 0 spiro atoms. The molecule has 2 aliphatic heterocycles. The quantitative estimate of drug-likeness (QED) is 0.307. The Morgan fingerprint density at radius 2 is 1.82 bits per heavy atom. The van der Waals surface area contributed by atoms with Gasteiger partial charge < -0.3 is 34.0 Å². The van der Waals surface area contributed by atoms with Crippen molar-refractivity contribution >= 4 is 11.6 Å². The van der Waals surface area contributed by atoms with Gasteiger partial charge in [0.05, 0.1) is 12.7 Å². The van der Waals surface area contributed by atoms with Crippen LogP contribution in [0.2, 0.25) is 0 Å². The SMILES string of the molecule is CC1(COc2ccc(N3CCC(Oc4ccc(OC(F)(F)F)cc4)CC3)nc2)Cn2cc([N+](=O)[O-])nc2O1. The standard InChI is InChI=1S/C24H24F3N5O6/c1-23(14-31-13-21(32(33)34)29-22(31)38-23)15-35-19-6-7-20(28-12-19)30-10-8-17(9-11-30)36-16-2-4-18(5-3-16)37-24(25,26)27/h2-7,12-13,17H,8-11,14-15H2,1H3. The van der Waals surface area contributed by atoms with Crippen molar-refractivity contribution in [2.75, 3.05) is 24.6 Å². The molecule has 1 aromatic carbocycles. The first-order chi connectivity index (χ1) is 18.1. The summed E-state index contributed by atoms with van der Waals surface area (Å²) in [4.78, 5) is 20.8. The second-order valence-electron chi connectivity index (χ2n) is 9.28. The van der Waals surface area contributed by atoms with Gasteiger partial charge in [0.15, 0.2) is 5.60 Å². The Labute approximate surface area is 214 Å². The molecule has 38 heavy (non-hydrogen) atoms. The molecule has 5 rings (SSSR count). The minimum atomic E-state index is -4.73. The van der Waals surface area contributed by atoms with Crippen molar-refractivity contribution in [3.63, 3.8) is 0 Å². The van der Waals surface area contributed by atoms with E-state index in [1.54, 1.807) is 10.8 Å². The van der Waals surface area contributed by atoms with Crippen molar-refractivity contribution in [2.24, 2.45) is 0 Å². The van der Waals surface area contributed by atoms with Gasteiger partial charge in [0.25, 0.3) is 0 Å². The summed E-state index contributed by atoms with van der Waals surface area (Å²) in [5.41, 5.74) is -0.719. The van der Waals surface area contributed by atoms with Crippen molar-refractivity contribution < 1.29 is 37.0 Å². The van der Waals surface area contributed by atoms with Crippen molar-refractivity contribution in [3.8, 4) is 23.3 Å². The molecule has 11 nitrogen and oxygen atoms in total. The highest BCUT2D eigenvalue weighted by Crippen LogP contribution is 2.32. The summed E-state index contributed by atoms with van der Waals surface area (Å²) in [6, 6.07) is 9.25. The summed E-state index contributed by atoms with van der Waals surface area (Å²) in [6.45, 7) is 3.83. The third-order valence-corrected chi connectivity index (χ3v) is 6.15. The van der Waals surface area contributed by atoms with Crippen LogP contribution in [0.15, 0.2) is 48.8 Å². The number of imidazole rings is 1. The molecule has 14 heteroatoms.